The normalized spacial score (nSPS) is 25.4. The molecule has 7 nitrogen and oxygen atoms in total. The van der Waals surface area contributed by atoms with Crippen molar-refractivity contribution in [3.05, 3.63) is 11.2 Å². The summed E-state index contributed by atoms with van der Waals surface area (Å²) in [6.07, 6.45) is -0.216. The van der Waals surface area contributed by atoms with Crippen molar-refractivity contribution in [1.82, 2.24) is 9.29 Å². The highest BCUT2D eigenvalue weighted by Crippen LogP contribution is 2.27. The van der Waals surface area contributed by atoms with E-state index in [0.29, 0.717) is 6.61 Å². The fourth-order valence-electron chi connectivity index (χ4n) is 1.88. The van der Waals surface area contributed by atoms with E-state index in [1.807, 2.05) is 0 Å². The number of carbonyl (C=O) groups is 1. The van der Waals surface area contributed by atoms with E-state index in [1.165, 1.54) is 9.82 Å². The molecule has 9 heteroatoms. The smallest absolute Gasteiger partial charge is 0.356 e. The van der Waals surface area contributed by atoms with Crippen molar-refractivity contribution in [2.24, 2.45) is 0 Å². The Hall–Kier alpha value is -1.03. The molecule has 19 heavy (non-hydrogen) atoms. The van der Waals surface area contributed by atoms with Crippen LogP contribution < -0.4 is 0 Å². The van der Waals surface area contributed by atoms with Crippen LogP contribution in [0.25, 0.3) is 0 Å². The molecule has 106 valence electrons. The number of sulfonamides is 1. The third-order valence-corrected chi connectivity index (χ3v) is 6.16. The molecule has 2 atom stereocenters. The fourth-order valence-corrected chi connectivity index (χ4v) is 4.82. The van der Waals surface area contributed by atoms with E-state index in [-0.39, 0.29) is 22.9 Å². The fraction of sp³-hybridized carbons (Fsp3) is 0.600. The number of hydrogen-bond acceptors (Lipinski definition) is 6. The summed E-state index contributed by atoms with van der Waals surface area (Å²) in [5.41, 5.74) is 0.807. The average Bonchev–Trinajstić information content (AvgIpc) is 2.82. The zero-order chi connectivity index (χ0) is 14.2. The zero-order valence-electron chi connectivity index (χ0n) is 10.4. The first-order valence-electron chi connectivity index (χ1n) is 5.64. The predicted octanol–water partition coefficient (Wildman–Crippen LogP) is 0.639. The van der Waals surface area contributed by atoms with Crippen LogP contribution in [0.4, 0.5) is 0 Å². The second kappa shape index (κ2) is 5.16. The summed E-state index contributed by atoms with van der Waals surface area (Å²) in [4.78, 5) is 14.6. The maximum atomic E-state index is 12.5. The molecule has 0 amide bonds. The summed E-state index contributed by atoms with van der Waals surface area (Å²) < 4.78 is 31.4. The average molecular weight is 306 g/mol. The molecule has 1 saturated heterocycles. The van der Waals surface area contributed by atoms with E-state index in [1.54, 1.807) is 13.8 Å². The maximum Gasteiger partial charge on any atom is 0.356 e. The molecule has 1 aromatic rings. The molecular weight excluding hydrogens is 292 g/mol. The Labute approximate surface area is 114 Å². The first kappa shape index (κ1) is 14.4. The van der Waals surface area contributed by atoms with Crippen LogP contribution in [0, 0.1) is 0 Å². The minimum atomic E-state index is -3.85. The predicted molar refractivity (Wildman–Crippen MR) is 67.8 cm³/mol. The van der Waals surface area contributed by atoms with E-state index in [2.05, 4.69) is 4.98 Å². The van der Waals surface area contributed by atoms with Gasteiger partial charge in [0.15, 0.2) is 9.90 Å². The molecule has 2 unspecified atom stereocenters. The summed E-state index contributed by atoms with van der Waals surface area (Å²) in [5, 5.41) is 8.97. The number of carboxylic acid groups (broad SMARTS) is 1. The molecule has 0 saturated carbocycles. The molecule has 1 aliphatic rings. The van der Waals surface area contributed by atoms with E-state index in [4.69, 9.17) is 9.84 Å². The number of ether oxygens (including phenoxy) is 1. The standard InChI is InChI=1S/C10H14N2O5S2/c1-6-4-17-7(2)3-12(6)19(15,16)10-8(9(13)14)11-5-18-10/h5-7H,3-4H2,1-2H3,(H,13,14). The lowest BCUT2D eigenvalue weighted by Gasteiger charge is -2.35. The molecule has 0 aliphatic carbocycles. The third-order valence-electron chi connectivity index (χ3n) is 2.83. The number of rotatable bonds is 3. The van der Waals surface area contributed by atoms with Crippen LogP contribution in [0.5, 0.6) is 0 Å². The number of morpholine rings is 1. The van der Waals surface area contributed by atoms with Gasteiger partial charge < -0.3 is 9.84 Å². The molecule has 1 fully saturated rings. The van der Waals surface area contributed by atoms with Crippen molar-refractivity contribution in [3.63, 3.8) is 0 Å². The zero-order valence-corrected chi connectivity index (χ0v) is 12.1. The van der Waals surface area contributed by atoms with Gasteiger partial charge in [-0.05, 0) is 13.8 Å². The van der Waals surface area contributed by atoms with Crippen LogP contribution in [0.2, 0.25) is 0 Å². The highest BCUT2D eigenvalue weighted by molar-refractivity contribution is 7.91. The van der Waals surface area contributed by atoms with Gasteiger partial charge in [0, 0.05) is 12.6 Å². The molecule has 2 heterocycles. The molecule has 0 spiro atoms. The van der Waals surface area contributed by atoms with Crippen LogP contribution in [0.15, 0.2) is 9.72 Å². The Morgan fingerprint density at radius 3 is 2.89 bits per heavy atom. The molecule has 2 rings (SSSR count). The van der Waals surface area contributed by atoms with Crippen LogP contribution >= 0.6 is 11.3 Å². The van der Waals surface area contributed by atoms with Gasteiger partial charge >= 0.3 is 5.97 Å². The Morgan fingerprint density at radius 1 is 1.58 bits per heavy atom. The van der Waals surface area contributed by atoms with E-state index in [0.717, 1.165) is 11.3 Å². The van der Waals surface area contributed by atoms with Gasteiger partial charge in [-0.15, -0.1) is 11.3 Å². The quantitative estimate of drug-likeness (QED) is 0.880. The first-order chi connectivity index (χ1) is 8.84. The molecule has 0 radical (unpaired) electrons. The summed E-state index contributed by atoms with van der Waals surface area (Å²) >= 11 is 0.819. The SMILES string of the molecule is CC1CN(S(=O)(=O)c2scnc2C(=O)O)C(C)CO1. The van der Waals surface area contributed by atoms with Gasteiger partial charge in [0.1, 0.15) is 0 Å². The molecule has 0 bridgehead atoms. The summed E-state index contributed by atoms with van der Waals surface area (Å²) in [5.74, 6) is -1.34. The molecule has 1 N–H and O–H groups in total. The van der Waals surface area contributed by atoms with Crippen LogP contribution in [-0.4, -0.2) is 54.1 Å². The van der Waals surface area contributed by atoms with Gasteiger partial charge in [-0.2, -0.15) is 4.31 Å². The van der Waals surface area contributed by atoms with Gasteiger partial charge in [0.25, 0.3) is 10.0 Å². The number of nitrogens with zero attached hydrogens (tertiary/aromatic N) is 2. The summed E-state index contributed by atoms with van der Waals surface area (Å²) in [6, 6.07) is -0.329. The summed E-state index contributed by atoms with van der Waals surface area (Å²) in [6.45, 7) is 4.01. The van der Waals surface area contributed by atoms with Gasteiger partial charge in [0.2, 0.25) is 0 Å². The van der Waals surface area contributed by atoms with Crippen molar-refractivity contribution >= 4 is 27.3 Å². The largest absolute Gasteiger partial charge is 0.476 e. The third kappa shape index (κ3) is 2.64. The molecule has 1 aliphatic heterocycles. The van der Waals surface area contributed by atoms with Crippen molar-refractivity contribution in [2.45, 2.75) is 30.2 Å². The van der Waals surface area contributed by atoms with E-state index < -0.39 is 21.7 Å². The lowest BCUT2D eigenvalue weighted by atomic mass is 10.2. The lowest BCUT2D eigenvalue weighted by Crippen LogP contribution is -2.50. The van der Waals surface area contributed by atoms with Crippen molar-refractivity contribution in [1.29, 1.82) is 0 Å². The Bertz CT molecular complexity index is 582. The number of aromatic nitrogens is 1. The topological polar surface area (TPSA) is 96.8 Å². The Morgan fingerprint density at radius 2 is 2.26 bits per heavy atom. The summed E-state index contributed by atoms with van der Waals surface area (Å²) in [7, 11) is -3.85. The molecule has 0 aromatic carbocycles. The van der Waals surface area contributed by atoms with Gasteiger partial charge in [0.05, 0.1) is 18.2 Å². The minimum Gasteiger partial charge on any atom is -0.476 e. The molecular formula is C10H14N2O5S2. The first-order valence-corrected chi connectivity index (χ1v) is 7.96. The second-order valence-electron chi connectivity index (χ2n) is 4.36. The van der Waals surface area contributed by atoms with Crippen molar-refractivity contribution in [2.75, 3.05) is 13.2 Å². The van der Waals surface area contributed by atoms with Crippen molar-refractivity contribution in [3.8, 4) is 0 Å². The van der Waals surface area contributed by atoms with E-state index >= 15 is 0 Å². The number of aromatic carboxylic acids is 1. The highest BCUT2D eigenvalue weighted by atomic mass is 32.2. The van der Waals surface area contributed by atoms with Gasteiger partial charge in [-0.1, -0.05) is 0 Å². The molecule has 1 aromatic heterocycles. The van der Waals surface area contributed by atoms with Crippen molar-refractivity contribution < 1.29 is 23.1 Å². The Balaban J connectivity index is 2.41. The van der Waals surface area contributed by atoms with Crippen LogP contribution in [0.1, 0.15) is 24.3 Å². The number of hydrogen-bond donors (Lipinski definition) is 1. The van der Waals surface area contributed by atoms with E-state index in [9.17, 15) is 13.2 Å². The minimum absolute atomic E-state index is 0.209. The number of carboxylic acids is 1. The maximum absolute atomic E-state index is 12.5. The highest BCUT2D eigenvalue weighted by Gasteiger charge is 2.37. The Kier molecular flexibility index (Phi) is 3.90. The van der Waals surface area contributed by atoms with Crippen LogP contribution in [-0.2, 0) is 14.8 Å². The lowest BCUT2D eigenvalue weighted by molar-refractivity contribution is -0.0170. The second-order valence-corrected chi connectivity index (χ2v) is 7.30. The van der Waals surface area contributed by atoms with Crippen LogP contribution in [0.3, 0.4) is 0 Å². The monoisotopic (exact) mass is 306 g/mol. The van der Waals surface area contributed by atoms with Gasteiger partial charge in [-0.25, -0.2) is 18.2 Å². The number of thiazole rings is 1. The van der Waals surface area contributed by atoms with Gasteiger partial charge in [-0.3, -0.25) is 0 Å².